The quantitative estimate of drug-likeness (QED) is 0.868. The molecule has 23 heavy (non-hydrogen) atoms. The second-order valence-electron chi connectivity index (χ2n) is 6.21. The van der Waals surface area contributed by atoms with Crippen molar-refractivity contribution in [2.24, 2.45) is 0 Å². The van der Waals surface area contributed by atoms with Gasteiger partial charge in [-0.05, 0) is 45.1 Å². The predicted molar refractivity (Wildman–Crippen MR) is 97.1 cm³/mol. The van der Waals surface area contributed by atoms with E-state index >= 15 is 0 Å². The van der Waals surface area contributed by atoms with Crippen LogP contribution in [0.4, 0.5) is 0 Å². The fraction of sp³-hybridized carbons (Fsp3) is 0.588. The third-order valence-electron chi connectivity index (χ3n) is 4.72. The third-order valence-corrected chi connectivity index (χ3v) is 5.02. The van der Waals surface area contributed by atoms with Gasteiger partial charge in [-0.25, -0.2) is 0 Å². The first-order valence-corrected chi connectivity index (χ1v) is 8.15. The summed E-state index contributed by atoms with van der Waals surface area (Å²) < 4.78 is 5.11. The van der Waals surface area contributed by atoms with Crippen LogP contribution in [0, 0.1) is 0 Å². The lowest BCUT2D eigenvalue weighted by atomic mass is 9.80. The van der Waals surface area contributed by atoms with Gasteiger partial charge in [0, 0.05) is 17.6 Å². The maximum absolute atomic E-state index is 12.4. The van der Waals surface area contributed by atoms with Crippen molar-refractivity contribution in [1.29, 1.82) is 0 Å². The van der Waals surface area contributed by atoms with Crippen molar-refractivity contribution < 1.29 is 9.53 Å². The second-order valence-corrected chi connectivity index (χ2v) is 6.62. The SMILES string of the molecule is COc1ccc(C(=O)NCC2(N(C)C)CCCCC2)cc1Cl.Cl. The minimum absolute atomic E-state index is 0. The molecule has 0 aliphatic heterocycles. The molecule has 1 N–H and O–H groups in total. The average Bonchev–Trinajstić information content (AvgIpc) is 2.53. The number of likely N-dealkylation sites (N-methyl/N-ethyl adjacent to an activating group) is 1. The van der Waals surface area contributed by atoms with Crippen LogP contribution in [0.2, 0.25) is 5.02 Å². The Labute approximate surface area is 149 Å². The van der Waals surface area contributed by atoms with E-state index in [0.29, 0.717) is 22.9 Å². The summed E-state index contributed by atoms with van der Waals surface area (Å²) in [5.41, 5.74) is 0.639. The minimum Gasteiger partial charge on any atom is -0.495 e. The Morgan fingerprint density at radius 2 is 1.96 bits per heavy atom. The zero-order valence-corrected chi connectivity index (χ0v) is 15.6. The van der Waals surface area contributed by atoms with Crippen LogP contribution < -0.4 is 10.1 Å². The van der Waals surface area contributed by atoms with E-state index in [1.54, 1.807) is 25.3 Å². The van der Waals surface area contributed by atoms with Crippen molar-refractivity contribution >= 4 is 29.9 Å². The van der Waals surface area contributed by atoms with Gasteiger partial charge < -0.3 is 15.0 Å². The molecule has 1 aliphatic carbocycles. The Balaban J connectivity index is 0.00000264. The van der Waals surface area contributed by atoms with Crippen LogP contribution in [0.25, 0.3) is 0 Å². The van der Waals surface area contributed by atoms with Crippen molar-refractivity contribution in [1.82, 2.24) is 10.2 Å². The van der Waals surface area contributed by atoms with Gasteiger partial charge in [0.15, 0.2) is 0 Å². The molecule has 0 saturated heterocycles. The number of methoxy groups -OCH3 is 1. The number of hydrogen-bond acceptors (Lipinski definition) is 3. The lowest BCUT2D eigenvalue weighted by molar-refractivity contribution is 0.0799. The summed E-state index contributed by atoms with van der Waals surface area (Å²) in [6.07, 6.45) is 6.00. The molecular weight excluding hydrogens is 335 g/mol. The molecule has 2 rings (SSSR count). The van der Waals surface area contributed by atoms with Gasteiger partial charge >= 0.3 is 0 Å². The first-order chi connectivity index (χ1) is 10.5. The number of hydrogen-bond donors (Lipinski definition) is 1. The van der Waals surface area contributed by atoms with Gasteiger partial charge in [-0.2, -0.15) is 0 Å². The molecule has 0 bridgehead atoms. The number of nitrogens with zero attached hydrogens (tertiary/aromatic N) is 1. The first-order valence-electron chi connectivity index (χ1n) is 7.78. The smallest absolute Gasteiger partial charge is 0.251 e. The minimum atomic E-state index is -0.0867. The van der Waals surface area contributed by atoms with E-state index in [9.17, 15) is 4.79 Å². The average molecular weight is 361 g/mol. The summed E-state index contributed by atoms with van der Waals surface area (Å²) in [4.78, 5) is 14.6. The summed E-state index contributed by atoms with van der Waals surface area (Å²) in [6, 6.07) is 5.11. The molecule has 0 heterocycles. The molecule has 0 atom stereocenters. The van der Waals surface area contributed by atoms with Gasteiger partial charge in [0.1, 0.15) is 5.75 Å². The molecule has 1 aromatic carbocycles. The number of ether oxygens (including phenoxy) is 1. The van der Waals surface area contributed by atoms with Crippen molar-refractivity contribution in [2.75, 3.05) is 27.7 Å². The highest BCUT2D eigenvalue weighted by Crippen LogP contribution is 2.31. The van der Waals surface area contributed by atoms with Crippen LogP contribution in [0.15, 0.2) is 18.2 Å². The predicted octanol–water partition coefficient (Wildman–Crippen LogP) is 3.76. The molecule has 1 amide bonds. The topological polar surface area (TPSA) is 41.6 Å². The highest BCUT2D eigenvalue weighted by Gasteiger charge is 2.34. The van der Waals surface area contributed by atoms with Crippen molar-refractivity contribution in [3.05, 3.63) is 28.8 Å². The molecule has 4 nitrogen and oxygen atoms in total. The Kier molecular flexibility index (Phi) is 7.65. The molecule has 0 radical (unpaired) electrons. The Hall–Kier alpha value is -0.970. The monoisotopic (exact) mass is 360 g/mol. The summed E-state index contributed by atoms with van der Waals surface area (Å²) >= 11 is 6.09. The fourth-order valence-corrected chi connectivity index (χ4v) is 3.40. The highest BCUT2D eigenvalue weighted by molar-refractivity contribution is 6.32. The summed E-state index contributed by atoms with van der Waals surface area (Å²) in [6.45, 7) is 0.669. The Morgan fingerprint density at radius 3 is 2.48 bits per heavy atom. The number of amides is 1. The van der Waals surface area contributed by atoms with E-state index < -0.39 is 0 Å². The van der Waals surface area contributed by atoms with Crippen LogP contribution in [-0.4, -0.2) is 44.1 Å². The lowest BCUT2D eigenvalue weighted by Crippen LogP contribution is -2.53. The third kappa shape index (κ3) is 4.75. The van der Waals surface area contributed by atoms with Crippen molar-refractivity contribution in [2.45, 2.75) is 37.6 Å². The molecule has 1 saturated carbocycles. The van der Waals surface area contributed by atoms with E-state index in [4.69, 9.17) is 16.3 Å². The standard InChI is InChI=1S/C17H25ClN2O2.ClH/c1-20(2)17(9-5-4-6-10-17)12-19-16(21)13-7-8-15(22-3)14(18)11-13;/h7-8,11H,4-6,9-10,12H2,1-3H3,(H,19,21);1H. The van der Waals surface area contributed by atoms with Gasteiger partial charge in [0.05, 0.1) is 12.1 Å². The molecule has 1 aromatic rings. The second kappa shape index (κ2) is 8.76. The van der Waals surface area contributed by atoms with Gasteiger partial charge in [-0.1, -0.05) is 30.9 Å². The molecule has 1 aliphatic rings. The van der Waals surface area contributed by atoms with E-state index in [0.717, 1.165) is 12.8 Å². The van der Waals surface area contributed by atoms with Crippen molar-refractivity contribution in [3.8, 4) is 5.75 Å². The van der Waals surface area contributed by atoms with E-state index in [-0.39, 0.29) is 23.9 Å². The molecule has 0 unspecified atom stereocenters. The van der Waals surface area contributed by atoms with Crippen LogP contribution in [0.1, 0.15) is 42.5 Å². The molecular formula is C17H26Cl2N2O2. The molecule has 6 heteroatoms. The van der Waals surface area contributed by atoms with Crippen molar-refractivity contribution in [3.63, 3.8) is 0 Å². The number of carbonyl (C=O) groups excluding carboxylic acids is 1. The normalized spacial score (nSPS) is 16.6. The molecule has 1 fully saturated rings. The van der Waals surface area contributed by atoms with E-state index in [2.05, 4.69) is 24.3 Å². The summed E-state index contributed by atoms with van der Waals surface area (Å²) in [7, 11) is 5.76. The molecule has 0 aromatic heterocycles. The fourth-order valence-electron chi connectivity index (χ4n) is 3.15. The van der Waals surface area contributed by atoms with E-state index in [1.807, 2.05) is 0 Å². The zero-order chi connectivity index (χ0) is 16.2. The van der Waals surface area contributed by atoms with Crippen LogP contribution in [0.5, 0.6) is 5.75 Å². The maximum Gasteiger partial charge on any atom is 0.251 e. The number of rotatable bonds is 5. The highest BCUT2D eigenvalue weighted by atomic mass is 35.5. The Bertz CT molecular complexity index is 529. The Morgan fingerprint density at radius 1 is 1.30 bits per heavy atom. The first kappa shape index (κ1) is 20.1. The summed E-state index contributed by atoms with van der Waals surface area (Å²) in [5.74, 6) is 0.492. The number of benzene rings is 1. The number of nitrogens with one attached hydrogen (secondary N) is 1. The van der Waals surface area contributed by atoms with E-state index in [1.165, 1.54) is 19.3 Å². The molecule has 0 spiro atoms. The maximum atomic E-state index is 12.4. The zero-order valence-electron chi connectivity index (χ0n) is 14.0. The van der Waals surface area contributed by atoms with Crippen LogP contribution >= 0.6 is 24.0 Å². The van der Waals surface area contributed by atoms with Gasteiger partial charge in [-0.15, -0.1) is 12.4 Å². The van der Waals surface area contributed by atoms with Crippen LogP contribution in [0.3, 0.4) is 0 Å². The summed E-state index contributed by atoms with van der Waals surface area (Å²) in [5, 5.41) is 3.53. The van der Waals surface area contributed by atoms with Crippen LogP contribution in [-0.2, 0) is 0 Å². The van der Waals surface area contributed by atoms with Gasteiger partial charge in [0.2, 0.25) is 0 Å². The van der Waals surface area contributed by atoms with Gasteiger partial charge in [-0.3, -0.25) is 4.79 Å². The molecule has 130 valence electrons. The largest absolute Gasteiger partial charge is 0.495 e. The van der Waals surface area contributed by atoms with Gasteiger partial charge in [0.25, 0.3) is 5.91 Å². The number of carbonyl (C=O) groups is 1. The lowest BCUT2D eigenvalue weighted by Gasteiger charge is -2.43. The number of halogens is 2.